The van der Waals surface area contributed by atoms with Crippen LogP contribution in [0.5, 0.6) is 0 Å². The standard InChI is InChI=1S/C12H15ClN2O4S/c1-7-4-8(5-10(11(7)13)20(14,17)18)12(16)15-9-2-3-19-6-9/h4-5,9H,2-3,6H2,1H3,(H,15,16)(H2,14,17,18). The number of amides is 1. The molecule has 1 aliphatic rings. The van der Waals surface area contributed by atoms with Gasteiger partial charge >= 0.3 is 0 Å². The third-order valence-corrected chi connectivity index (χ3v) is 4.60. The molecule has 6 nitrogen and oxygen atoms in total. The molecule has 3 N–H and O–H groups in total. The average Bonchev–Trinajstić information content (AvgIpc) is 2.83. The van der Waals surface area contributed by atoms with E-state index in [4.69, 9.17) is 21.5 Å². The van der Waals surface area contributed by atoms with Crippen molar-refractivity contribution in [2.24, 2.45) is 5.14 Å². The molecule has 1 aromatic carbocycles. The molecule has 0 saturated carbocycles. The molecule has 1 saturated heterocycles. The first-order chi connectivity index (χ1) is 9.29. The highest BCUT2D eigenvalue weighted by Gasteiger charge is 2.22. The minimum absolute atomic E-state index is 0.0354. The van der Waals surface area contributed by atoms with Crippen LogP contribution in [0.15, 0.2) is 17.0 Å². The van der Waals surface area contributed by atoms with Crippen LogP contribution in [0, 0.1) is 6.92 Å². The molecule has 1 amide bonds. The van der Waals surface area contributed by atoms with Crippen LogP contribution in [-0.4, -0.2) is 33.6 Å². The van der Waals surface area contributed by atoms with E-state index in [2.05, 4.69) is 5.32 Å². The second-order valence-corrected chi connectivity index (χ2v) is 6.59. The lowest BCUT2D eigenvalue weighted by Gasteiger charge is -2.13. The van der Waals surface area contributed by atoms with Gasteiger partial charge in [0.05, 0.1) is 17.7 Å². The number of nitrogens with two attached hydrogens (primary N) is 1. The van der Waals surface area contributed by atoms with Crippen LogP contribution in [0.4, 0.5) is 0 Å². The summed E-state index contributed by atoms with van der Waals surface area (Å²) in [4.78, 5) is 11.9. The number of ether oxygens (including phenoxy) is 1. The lowest BCUT2D eigenvalue weighted by molar-refractivity contribution is 0.0929. The highest BCUT2D eigenvalue weighted by molar-refractivity contribution is 7.89. The van der Waals surface area contributed by atoms with Crippen LogP contribution >= 0.6 is 11.6 Å². The van der Waals surface area contributed by atoms with Crippen molar-refractivity contribution in [2.75, 3.05) is 13.2 Å². The molecule has 1 heterocycles. The van der Waals surface area contributed by atoms with Gasteiger partial charge in [0.1, 0.15) is 4.90 Å². The molecular formula is C12H15ClN2O4S. The Labute approximate surface area is 122 Å². The molecule has 0 aromatic heterocycles. The predicted molar refractivity (Wildman–Crippen MR) is 74.3 cm³/mol. The van der Waals surface area contributed by atoms with Crippen LogP contribution in [0.3, 0.4) is 0 Å². The maximum atomic E-state index is 12.1. The summed E-state index contributed by atoms with van der Waals surface area (Å²) in [6.45, 7) is 2.68. The second kappa shape index (κ2) is 5.69. The number of carbonyl (C=O) groups is 1. The second-order valence-electron chi connectivity index (χ2n) is 4.68. The zero-order valence-corrected chi connectivity index (χ0v) is 12.4. The molecular weight excluding hydrogens is 304 g/mol. The summed E-state index contributed by atoms with van der Waals surface area (Å²) < 4.78 is 28.1. The van der Waals surface area contributed by atoms with Gasteiger partial charge in [-0.25, -0.2) is 13.6 Å². The van der Waals surface area contributed by atoms with Crippen molar-refractivity contribution < 1.29 is 17.9 Å². The van der Waals surface area contributed by atoms with Gasteiger partial charge in [-0.3, -0.25) is 4.79 Å². The number of sulfonamides is 1. The van der Waals surface area contributed by atoms with Crippen molar-refractivity contribution in [2.45, 2.75) is 24.3 Å². The quantitative estimate of drug-likeness (QED) is 0.861. The molecule has 0 aliphatic carbocycles. The maximum absolute atomic E-state index is 12.1. The fourth-order valence-electron chi connectivity index (χ4n) is 1.99. The van der Waals surface area contributed by atoms with Crippen molar-refractivity contribution in [1.29, 1.82) is 0 Å². The van der Waals surface area contributed by atoms with Gasteiger partial charge in [-0.1, -0.05) is 11.6 Å². The molecule has 0 radical (unpaired) electrons. The summed E-state index contributed by atoms with van der Waals surface area (Å²) in [6, 6.07) is 2.66. The highest BCUT2D eigenvalue weighted by atomic mass is 35.5. The summed E-state index contributed by atoms with van der Waals surface area (Å²) in [5.41, 5.74) is 0.689. The number of carbonyl (C=O) groups excluding carboxylic acids is 1. The van der Waals surface area contributed by atoms with Gasteiger partial charge in [-0.15, -0.1) is 0 Å². The lowest BCUT2D eigenvalue weighted by atomic mass is 10.1. The Kier molecular flexibility index (Phi) is 4.33. The Morgan fingerprint density at radius 1 is 1.50 bits per heavy atom. The predicted octanol–water partition coefficient (Wildman–Crippen LogP) is 0.815. The lowest BCUT2D eigenvalue weighted by Crippen LogP contribution is -2.35. The van der Waals surface area contributed by atoms with Gasteiger partial charge in [0.2, 0.25) is 10.0 Å². The molecule has 1 atom stereocenters. The van der Waals surface area contributed by atoms with Crippen LogP contribution in [0.1, 0.15) is 22.3 Å². The summed E-state index contributed by atoms with van der Waals surface area (Å²) in [5.74, 6) is -0.370. The average molecular weight is 319 g/mol. The van der Waals surface area contributed by atoms with Gasteiger partial charge < -0.3 is 10.1 Å². The van der Waals surface area contributed by atoms with E-state index in [1.54, 1.807) is 6.92 Å². The van der Waals surface area contributed by atoms with Crippen LogP contribution in [0.25, 0.3) is 0 Å². The Bertz CT molecular complexity index is 639. The molecule has 8 heteroatoms. The van der Waals surface area contributed by atoms with Crippen LogP contribution in [-0.2, 0) is 14.8 Å². The smallest absolute Gasteiger partial charge is 0.251 e. The normalized spacial score (nSPS) is 19.1. The van der Waals surface area contributed by atoms with Crippen molar-refractivity contribution in [3.63, 3.8) is 0 Å². The van der Waals surface area contributed by atoms with E-state index in [0.29, 0.717) is 18.8 Å². The maximum Gasteiger partial charge on any atom is 0.251 e. The van der Waals surface area contributed by atoms with E-state index in [1.807, 2.05) is 0 Å². The van der Waals surface area contributed by atoms with Gasteiger partial charge in [0.15, 0.2) is 0 Å². The third kappa shape index (κ3) is 3.29. The molecule has 0 spiro atoms. The van der Waals surface area contributed by atoms with E-state index in [1.165, 1.54) is 12.1 Å². The first-order valence-electron chi connectivity index (χ1n) is 6.00. The summed E-state index contributed by atoms with van der Waals surface area (Å²) in [7, 11) is -3.98. The van der Waals surface area contributed by atoms with E-state index >= 15 is 0 Å². The molecule has 2 rings (SSSR count). The van der Waals surface area contributed by atoms with E-state index < -0.39 is 10.0 Å². The monoisotopic (exact) mass is 318 g/mol. The Morgan fingerprint density at radius 2 is 2.20 bits per heavy atom. The number of hydrogen-bond acceptors (Lipinski definition) is 4. The first-order valence-corrected chi connectivity index (χ1v) is 7.93. The molecule has 1 fully saturated rings. The number of primary sulfonamides is 1. The Morgan fingerprint density at radius 3 is 2.75 bits per heavy atom. The molecule has 110 valence electrons. The number of nitrogens with one attached hydrogen (secondary N) is 1. The summed E-state index contributed by atoms with van der Waals surface area (Å²) in [6.07, 6.45) is 0.736. The van der Waals surface area contributed by atoms with Gasteiger partial charge in [0.25, 0.3) is 5.91 Å². The van der Waals surface area contributed by atoms with Crippen molar-refractivity contribution >= 4 is 27.5 Å². The molecule has 1 aromatic rings. The number of halogens is 1. The molecule has 1 unspecified atom stereocenters. The fourth-order valence-corrected chi connectivity index (χ4v) is 3.13. The van der Waals surface area contributed by atoms with Gasteiger partial charge in [-0.05, 0) is 31.0 Å². The summed E-state index contributed by atoms with van der Waals surface area (Å²) >= 11 is 5.91. The SMILES string of the molecule is Cc1cc(C(=O)NC2CCOC2)cc(S(N)(=O)=O)c1Cl. The number of benzene rings is 1. The zero-order chi connectivity index (χ0) is 14.9. The Balaban J connectivity index is 2.32. The van der Waals surface area contributed by atoms with Gasteiger partial charge in [-0.2, -0.15) is 0 Å². The minimum atomic E-state index is -3.98. The van der Waals surface area contributed by atoms with E-state index in [0.717, 1.165) is 6.42 Å². The van der Waals surface area contributed by atoms with E-state index in [9.17, 15) is 13.2 Å². The number of rotatable bonds is 3. The third-order valence-electron chi connectivity index (χ3n) is 3.05. The van der Waals surface area contributed by atoms with Crippen molar-refractivity contribution in [1.82, 2.24) is 5.32 Å². The van der Waals surface area contributed by atoms with Crippen LogP contribution in [0.2, 0.25) is 5.02 Å². The molecule has 20 heavy (non-hydrogen) atoms. The minimum Gasteiger partial charge on any atom is -0.379 e. The number of aryl methyl sites for hydroxylation is 1. The van der Waals surface area contributed by atoms with Crippen LogP contribution < -0.4 is 10.5 Å². The first kappa shape index (κ1) is 15.2. The molecule has 0 bridgehead atoms. The van der Waals surface area contributed by atoms with Crippen molar-refractivity contribution in [3.05, 3.63) is 28.3 Å². The van der Waals surface area contributed by atoms with Crippen molar-refractivity contribution in [3.8, 4) is 0 Å². The zero-order valence-electron chi connectivity index (χ0n) is 10.8. The highest BCUT2D eigenvalue weighted by Crippen LogP contribution is 2.26. The van der Waals surface area contributed by atoms with Gasteiger partial charge in [0, 0.05) is 12.2 Å². The topological polar surface area (TPSA) is 98.5 Å². The largest absolute Gasteiger partial charge is 0.379 e. The van der Waals surface area contributed by atoms with E-state index in [-0.39, 0.29) is 27.4 Å². The fraction of sp³-hybridized carbons (Fsp3) is 0.417. The molecule has 1 aliphatic heterocycles. The Hall–Kier alpha value is -1.15. The number of hydrogen-bond donors (Lipinski definition) is 2. The summed E-state index contributed by atoms with van der Waals surface area (Å²) in [5, 5.41) is 7.91.